The van der Waals surface area contributed by atoms with E-state index in [0.29, 0.717) is 6.04 Å². The van der Waals surface area contributed by atoms with E-state index in [9.17, 15) is 0 Å². The van der Waals surface area contributed by atoms with Crippen LogP contribution < -0.4 is 5.32 Å². The summed E-state index contributed by atoms with van der Waals surface area (Å²) in [5.74, 6) is 1.75. The highest BCUT2D eigenvalue weighted by Crippen LogP contribution is 2.37. The number of rotatable bonds is 5. The molecule has 1 aromatic carbocycles. The molecule has 0 amide bonds. The van der Waals surface area contributed by atoms with Gasteiger partial charge in [0.1, 0.15) is 0 Å². The first-order valence-electron chi connectivity index (χ1n) is 8.41. The predicted octanol–water partition coefficient (Wildman–Crippen LogP) is 5.17. The van der Waals surface area contributed by atoms with E-state index in [1.165, 1.54) is 48.8 Å². The van der Waals surface area contributed by atoms with Crippen LogP contribution in [0, 0.1) is 25.7 Å². The largest absolute Gasteiger partial charge is 0.310 e. The van der Waals surface area contributed by atoms with Gasteiger partial charge < -0.3 is 5.32 Å². The fraction of sp³-hybridized carbons (Fsp3) is 0.684. The summed E-state index contributed by atoms with van der Waals surface area (Å²) < 4.78 is 0. The van der Waals surface area contributed by atoms with Gasteiger partial charge in [-0.25, -0.2) is 0 Å². The molecular formula is C19H31N. The summed E-state index contributed by atoms with van der Waals surface area (Å²) in [6, 6.07) is 7.61. The molecule has 1 atom stereocenters. The Balaban J connectivity index is 2.17. The molecule has 1 aromatic rings. The summed E-state index contributed by atoms with van der Waals surface area (Å²) >= 11 is 0. The summed E-state index contributed by atoms with van der Waals surface area (Å²) in [6.07, 6.45) is 6.79. The standard InChI is InChI=1S/C19H31N/c1-5-10-20-19(17-8-6-14(2)7-9-17)18-12-15(3)11-16(4)13-18/h11-14,17,19-20H,5-10H2,1-4H3. The van der Waals surface area contributed by atoms with Crippen LogP contribution in [0.3, 0.4) is 0 Å². The van der Waals surface area contributed by atoms with E-state index in [2.05, 4.69) is 51.2 Å². The molecule has 1 aliphatic carbocycles. The molecule has 2 rings (SSSR count). The monoisotopic (exact) mass is 273 g/mol. The number of hydrogen-bond donors (Lipinski definition) is 1. The lowest BCUT2D eigenvalue weighted by Gasteiger charge is -2.34. The molecule has 112 valence electrons. The van der Waals surface area contributed by atoms with Gasteiger partial charge in [0.2, 0.25) is 0 Å². The zero-order valence-corrected chi connectivity index (χ0v) is 13.7. The Morgan fingerprint density at radius 3 is 2.20 bits per heavy atom. The molecule has 0 bridgehead atoms. The van der Waals surface area contributed by atoms with Crippen LogP contribution in [-0.2, 0) is 0 Å². The Morgan fingerprint density at radius 2 is 1.65 bits per heavy atom. The lowest BCUT2D eigenvalue weighted by molar-refractivity contribution is 0.231. The van der Waals surface area contributed by atoms with Crippen molar-refractivity contribution in [1.29, 1.82) is 0 Å². The zero-order chi connectivity index (χ0) is 14.5. The highest BCUT2D eigenvalue weighted by atomic mass is 14.9. The maximum atomic E-state index is 3.82. The fourth-order valence-corrected chi connectivity index (χ4v) is 3.67. The molecule has 1 aliphatic rings. The van der Waals surface area contributed by atoms with Crippen molar-refractivity contribution < 1.29 is 0 Å². The molecule has 1 heteroatoms. The van der Waals surface area contributed by atoms with E-state index in [-0.39, 0.29) is 0 Å². The highest BCUT2D eigenvalue weighted by Gasteiger charge is 2.26. The molecule has 20 heavy (non-hydrogen) atoms. The SMILES string of the molecule is CCCNC(c1cc(C)cc(C)c1)C1CCC(C)CC1. The summed E-state index contributed by atoms with van der Waals surface area (Å²) in [5.41, 5.74) is 4.30. The van der Waals surface area contributed by atoms with E-state index in [0.717, 1.165) is 18.4 Å². The molecule has 0 saturated heterocycles. The fourth-order valence-electron chi connectivity index (χ4n) is 3.67. The maximum Gasteiger partial charge on any atom is 0.0348 e. The predicted molar refractivity (Wildman–Crippen MR) is 88.1 cm³/mol. The van der Waals surface area contributed by atoms with Gasteiger partial charge in [-0.2, -0.15) is 0 Å². The molecule has 0 aliphatic heterocycles. The van der Waals surface area contributed by atoms with Gasteiger partial charge in [0.25, 0.3) is 0 Å². The highest BCUT2D eigenvalue weighted by molar-refractivity contribution is 5.31. The van der Waals surface area contributed by atoms with Crippen molar-refractivity contribution in [1.82, 2.24) is 5.32 Å². The van der Waals surface area contributed by atoms with Crippen LogP contribution in [0.2, 0.25) is 0 Å². The quantitative estimate of drug-likeness (QED) is 0.780. The average Bonchev–Trinajstić information content (AvgIpc) is 2.40. The van der Waals surface area contributed by atoms with Crippen molar-refractivity contribution in [2.45, 2.75) is 65.8 Å². The first-order valence-corrected chi connectivity index (χ1v) is 8.41. The number of hydrogen-bond acceptors (Lipinski definition) is 1. The molecule has 0 radical (unpaired) electrons. The van der Waals surface area contributed by atoms with Crippen LogP contribution >= 0.6 is 0 Å². The number of nitrogens with one attached hydrogen (secondary N) is 1. The van der Waals surface area contributed by atoms with Crippen molar-refractivity contribution in [2.24, 2.45) is 11.8 Å². The van der Waals surface area contributed by atoms with Crippen molar-refractivity contribution in [2.75, 3.05) is 6.54 Å². The van der Waals surface area contributed by atoms with E-state index in [1.807, 2.05) is 0 Å². The molecule has 1 N–H and O–H groups in total. The summed E-state index contributed by atoms with van der Waals surface area (Å²) in [7, 11) is 0. The number of benzene rings is 1. The van der Waals surface area contributed by atoms with Gasteiger partial charge in [-0.15, -0.1) is 0 Å². The van der Waals surface area contributed by atoms with Gasteiger partial charge in [0.15, 0.2) is 0 Å². The van der Waals surface area contributed by atoms with E-state index in [4.69, 9.17) is 0 Å². The molecule has 1 fully saturated rings. The second kappa shape index (κ2) is 7.26. The Kier molecular flexibility index (Phi) is 5.65. The van der Waals surface area contributed by atoms with Crippen molar-refractivity contribution in [3.63, 3.8) is 0 Å². The van der Waals surface area contributed by atoms with E-state index in [1.54, 1.807) is 0 Å². The molecule has 0 aromatic heterocycles. The van der Waals surface area contributed by atoms with E-state index < -0.39 is 0 Å². The Labute approximate surface area is 125 Å². The molecule has 0 spiro atoms. The lowest BCUT2D eigenvalue weighted by atomic mass is 9.77. The zero-order valence-electron chi connectivity index (χ0n) is 13.7. The molecule has 1 nitrogen and oxygen atoms in total. The van der Waals surface area contributed by atoms with Crippen LogP contribution in [0.15, 0.2) is 18.2 Å². The number of aryl methyl sites for hydroxylation is 2. The first-order chi connectivity index (χ1) is 9.60. The van der Waals surface area contributed by atoms with Crippen molar-refractivity contribution in [3.05, 3.63) is 34.9 Å². The topological polar surface area (TPSA) is 12.0 Å². The van der Waals surface area contributed by atoms with Crippen LogP contribution in [0.5, 0.6) is 0 Å². The minimum absolute atomic E-state index is 0.557. The van der Waals surface area contributed by atoms with E-state index >= 15 is 0 Å². The average molecular weight is 273 g/mol. The summed E-state index contributed by atoms with van der Waals surface area (Å²) in [6.45, 7) is 10.2. The second-order valence-electron chi connectivity index (χ2n) is 6.87. The van der Waals surface area contributed by atoms with Crippen LogP contribution in [0.1, 0.15) is 68.7 Å². The smallest absolute Gasteiger partial charge is 0.0348 e. The van der Waals surface area contributed by atoms with Crippen molar-refractivity contribution >= 4 is 0 Å². The first kappa shape index (κ1) is 15.6. The van der Waals surface area contributed by atoms with Gasteiger partial charge in [-0.1, -0.05) is 56.0 Å². The van der Waals surface area contributed by atoms with Gasteiger partial charge in [-0.3, -0.25) is 0 Å². The third-order valence-electron chi connectivity index (χ3n) is 4.75. The van der Waals surface area contributed by atoms with Gasteiger partial charge >= 0.3 is 0 Å². The third kappa shape index (κ3) is 4.09. The van der Waals surface area contributed by atoms with Crippen molar-refractivity contribution in [3.8, 4) is 0 Å². The normalized spacial score (nSPS) is 24.6. The van der Waals surface area contributed by atoms with Gasteiger partial charge in [0.05, 0.1) is 0 Å². The van der Waals surface area contributed by atoms with Crippen LogP contribution in [0.25, 0.3) is 0 Å². The molecule has 1 saturated carbocycles. The second-order valence-corrected chi connectivity index (χ2v) is 6.87. The molecule has 0 heterocycles. The lowest BCUT2D eigenvalue weighted by Crippen LogP contribution is -2.31. The Hall–Kier alpha value is -0.820. The summed E-state index contributed by atoms with van der Waals surface area (Å²) in [5, 5.41) is 3.82. The van der Waals surface area contributed by atoms with Gasteiger partial charge in [-0.05, 0) is 57.1 Å². The summed E-state index contributed by atoms with van der Waals surface area (Å²) in [4.78, 5) is 0. The van der Waals surface area contributed by atoms with Gasteiger partial charge in [0, 0.05) is 6.04 Å². The minimum atomic E-state index is 0.557. The molecule has 1 unspecified atom stereocenters. The van der Waals surface area contributed by atoms with Crippen LogP contribution in [-0.4, -0.2) is 6.54 Å². The minimum Gasteiger partial charge on any atom is -0.310 e. The molecular weight excluding hydrogens is 242 g/mol. The Bertz CT molecular complexity index is 396. The maximum absolute atomic E-state index is 3.82. The van der Waals surface area contributed by atoms with Crippen LogP contribution in [0.4, 0.5) is 0 Å². The third-order valence-corrected chi connectivity index (χ3v) is 4.75. The Morgan fingerprint density at radius 1 is 1.05 bits per heavy atom.